The number of carbonyl (C=O) groups excluding carboxylic acids is 1. The van der Waals surface area contributed by atoms with Crippen molar-refractivity contribution in [1.82, 2.24) is 5.32 Å². The van der Waals surface area contributed by atoms with Crippen LogP contribution in [0.15, 0.2) is 28.7 Å². The maximum Gasteiger partial charge on any atom is 0.229 e. The number of benzene rings is 1. The normalized spacial score (nSPS) is 11.1. The number of rotatable bonds is 2. The van der Waals surface area contributed by atoms with Crippen molar-refractivity contribution in [2.45, 2.75) is 19.3 Å². The fourth-order valence-corrected chi connectivity index (χ4v) is 2.18. The van der Waals surface area contributed by atoms with Gasteiger partial charge in [-0.3, -0.25) is 4.79 Å². The van der Waals surface area contributed by atoms with Crippen molar-refractivity contribution < 1.29 is 4.79 Å². The molecular weight excluding hydrogens is 242 g/mol. The van der Waals surface area contributed by atoms with Crippen LogP contribution in [0.4, 0.5) is 0 Å². The Morgan fingerprint density at radius 2 is 1.93 bits per heavy atom. The lowest BCUT2D eigenvalue weighted by molar-refractivity contribution is -0.125. The monoisotopic (exact) mass is 255 g/mol. The van der Waals surface area contributed by atoms with Crippen molar-refractivity contribution in [1.29, 1.82) is 0 Å². The zero-order valence-corrected chi connectivity index (χ0v) is 10.2. The SMILES string of the molecule is CNC(=O)C(C)(C)c1ccccc1Br. The lowest BCUT2D eigenvalue weighted by Gasteiger charge is -2.24. The summed E-state index contributed by atoms with van der Waals surface area (Å²) in [7, 11) is 1.65. The molecular formula is C11H14BrNO. The molecule has 1 rings (SSSR count). The molecule has 76 valence electrons. The molecule has 1 aromatic rings. The Bertz CT molecular complexity index is 347. The summed E-state index contributed by atoms with van der Waals surface area (Å²) in [5.41, 5.74) is 0.494. The van der Waals surface area contributed by atoms with Crippen LogP contribution in [-0.2, 0) is 10.2 Å². The highest BCUT2D eigenvalue weighted by atomic mass is 79.9. The maximum atomic E-state index is 11.7. The van der Waals surface area contributed by atoms with Gasteiger partial charge in [0.2, 0.25) is 5.91 Å². The van der Waals surface area contributed by atoms with Gasteiger partial charge in [-0.25, -0.2) is 0 Å². The molecule has 0 spiro atoms. The van der Waals surface area contributed by atoms with Crippen LogP contribution in [0.5, 0.6) is 0 Å². The molecule has 0 saturated carbocycles. The third kappa shape index (κ3) is 1.98. The van der Waals surface area contributed by atoms with E-state index in [2.05, 4.69) is 21.2 Å². The van der Waals surface area contributed by atoms with E-state index in [1.165, 1.54) is 0 Å². The summed E-state index contributed by atoms with van der Waals surface area (Å²) in [6, 6.07) is 7.78. The molecule has 0 aliphatic carbocycles. The third-order valence-electron chi connectivity index (χ3n) is 2.34. The minimum Gasteiger partial charge on any atom is -0.358 e. The quantitative estimate of drug-likeness (QED) is 0.865. The summed E-state index contributed by atoms with van der Waals surface area (Å²) in [6.07, 6.45) is 0. The van der Waals surface area contributed by atoms with Crippen molar-refractivity contribution >= 4 is 21.8 Å². The van der Waals surface area contributed by atoms with E-state index < -0.39 is 5.41 Å². The van der Waals surface area contributed by atoms with Gasteiger partial charge < -0.3 is 5.32 Å². The topological polar surface area (TPSA) is 29.1 Å². The highest BCUT2D eigenvalue weighted by molar-refractivity contribution is 9.10. The summed E-state index contributed by atoms with van der Waals surface area (Å²) in [5, 5.41) is 2.67. The first-order chi connectivity index (χ1) is 6.50. The van der Waals surface area contributed by atoms with Crippen LogP contribution >= 0.6 is 15.9 Å². The first-order valence-electron chi connectivity index (χ1n) is 4.47. The van der Waals surface area contributed by atoms with E-state index in [0.29, 0.717) is 0 Å². The molecule has 1 N–H and O–H groups in total. The first kappa shape index (κ1) is 11.2. The predicted octanol–water partition coefficient (Wildman–Crippen LogP) is 2.47. The molecule has 0 saturated heterocycles. The van der Waals surface area contributed by atoms with E-state index in [1.54, 1.807) is 7.05 Å². The Morgan fingerprint density at radius 3 is 2.43 bits per heavy atom. The number of hydrogen-bond donors (Lipinski definition) is 1. The zero-order valence-electron chi connectivity index (χ0n) is 8.60. The van der Waals surface area contributed by atoms with Gasteiger partial charge in [0, 0.05) is 11.5 Å². The average molecular weight is 256 g/mol. The van der Waals surface area contributed by atoms with Crippen LogP contribution in [-0.4, -0.2) is 13.0 Å². The molecule has 0 bridgehead atoms. The second-order valence-electron chi connectivity index (χ2n) is 3.68. The van der Waals surface area contributed by atoms with Crippen LogP contribution in [0.25, 0.3) is 0 Å². The molecule has 0 atom stereocenters. The second-order valence-corrected chi connectivity index (χ2v) is 4.54. The number of hydrogen-bond acceptors (Lipinski definition) is 1. The van der Waals surface area contributed by atoms with E-state index in [-0.39, 0.29) is 5.91 Å². The van der Waals surface area contributed by atoms with E-state index in [1.807, 2.05) is 38.1 Å². The molecule has 0 unspecified atom stereocenters. The fourth-order valence-electron chi connectivity index (χ4n) is 1.40. The molecule has 0 radical (unpaired) electrons. The lowest BCUT2D eigenvalue weighted by Crippen LogP contribution is -2.38. The van der Waals surface area contributed by atoms with Crippen molar-refractivity contribution in [3.8, 4) is 0 Å². The van der Waals surface area contributed by atoms with Crippen LogP contribution < -0.4 is 5.32 Å². The Hall–Kier alpha value is -0.830. The van der Waals surface area contributed by atoms with Gasteiger partial charge in [0.15, 0.2) is 0 Å². The van der Waals surface area contributed by atoms with Crippen molar-refractivity contribution in [2.24, 2.45) is 0 Å². The molecule has 0 aliphatic rings. The lowest BCUT2D eigenvalue weighted by atomic mass is 9.84. The van der Waals surface area contributed by atoms with Gasteiger partial charge in [0.25, 0.3) is 0 Å². The van der Waals surface area contributed by atoms with Crippen LogP contribution in [0, 0.1) is 0 Å². The van der Waals surface area contributed by atoms with Crippen molar-refractivity contribution in [3.63, 3.8) is 0 Å². The number of halogens is 1. The summed E-state index contributed by atoms with van der Waals surface area (Å²) in [4.78, 5) is 11.7. The molecule has 0 fully saturated rings. The Kier molecular flexibility index (Phi) is 3.32. The highest BCUT2D eigenvalue weighted by Crippen LogP contribution is 2.29. The fraction of sp³-hybridized carbons (Fsp3) is 0.364. The molecule has 1 amide bonds. The Balaban J connectivity index is 3.16. The predicted molar refractivity (Wildman–Crippen MR) is 61.2 cm³/mol. The van der Waals surface area contributed by atoms with E-state index in [0.717, 1.165) is 10.0 Å². The van der Waals surface area contributed by atoms with Crippen molar-refractivity contribution in [2.75, 3.05) is 7.05 Å². The average Bonchev–Trinajstić information content (AvgIpc) is 2.17. The molecule has 2 nitrogen and oxygen atoms in total. The third-order valence-corrected chi connectivity index (χ3v) is 3.03. The number of nitrogens with one attached hydrogen (secondary N) is 1. The van der Waals surface area contributed by atoms with Gasteiger partial charge in [0.05, 0.1) is 5.41 Å². The minimum absolute atomic E-state index is 0.0180. The largest absolute Gasteiger partial charge is 0.358 e. The molecule has 0 aliphatic heterocycles. The summed E-state index contributed by atoms with van der Waals surface area (Å²) in [6.45, 7) is 3.82. The maximum absolute atomic E-state index is 11.7. The summed E-state index contributed by atoms with van der Waals surface area (Å²) < 4.78 is 0.966. The standard InChI is InChI=1S/C11H14BrNO/c1-11(2,10(14)13-3)8-6-4-5-7-9(8)12/h4-7H,1-3H3,(H,13,14). The minimum atomic E-state index is -0.505. The number of carbonyl (C=O) groups is 1. The second kappa shape index (κ2) is 4.13. The van der Waals surface area contributed by atoms with Crippen LogP contribution in [0.3, 0.4) is 0 Å². The number of amides is 1. The van der Waals surface area contributed by atoms with Gasteiger partial charge in [-0.2, -0.15) is 0 Å². The zero-order chi connectivity index (χ0) is 10.8. The van der Waals surface area contributed by atoms with Gasteiger partial charge in [-0.1, -0.05) is 34.1 Å². The van der Waals surface area contributed by atoms with Crippen molar-refractivity contribution in [3.05, 3.63) is 34.3 Å². The Morgan fingerprint density at radius 1 is 1.36 bits per heavy atom. The highest BCUT2D eigenvalue weighted by Gasteiger charge is 2.30. The molecule has 3 heteroatoms. The van der Waals surface area contributed by atoms with Gasteiger partial charge in [-0.05, 0) is 25.5 Å². The molecule has 0 aromatic heterocycles. The molecule has 1 aromatic carbocycles. The first-order valence-corrected chi connectivity index (χ1v) is 5.26. The van der Waals surface area contributed by atoms with E-state index in [9.17, 15) is 4.79 Å². The summed E-state index contributed by atoms with van der Waals surface area (Å²) in [5.74, 6) is 0.0180. The van der Waals surface area contributed by atoms with Gasteiger partial charge in [-0.15, -0.1) is 0 Å². The van der Waals surface area contributed by atoms with Crippen LogP contribution in [0.1, 0.15) is 19.4 Å². The molecule has 14 heavy (non-hydrogen) atoms. The number of likely N-dealkylation sites (N-methyl/N-ethyl adjacent to an activating group) is 1. The van der Waals surface area contributed by atoms with Gasteiger partial charge >= 0.3 is 0 Å². The Labute approximate surface area is 92.8 Å². The van der Waals surface area contributed by atoms with Crippen LogP contribution in [0.2, 0.25) is 0 Å². The smallest absolute Gasteiger partial charge is 0.229 e. The molecule has 0 heterocycles. The van der Waals surface area contributed by atoms with E-state index in [4.69, 9.17) is 0 Å². The van der Waals surface area contributed by atoms with E-state index >= 15 is 0 Å². The summed E-state index contributed by atoms with van der Waals surface area (Å²) >= 11 is 3.45. The van der Waals surface area contributed by atoms with Gasteiger partial charge in [0.1, 0.15) is 0 Å².